The summed E-state index contributed by atoms with van der Waals surface area (Å²) in [6.45, 7) is 5.11. The molecule has 0 spiro atoms. The Labute approximate surface area is 161 Å². The highest BCUT2D eigenvalue weighted by Gasteiger charge is 2.24. The van der Waals surface area contributed by atoms with Crippen LogP contribution in [0.3, 0.4) is 0 Å². The molecule has 1 N–H and O–H groups in total. The zero-order chi connectivity index (χ0) is 19.1. The first-order valence-electron chi connectivity index (χ1n) is 10.2. The van der Waals surface area contributed by atoms with Gasteiger partial charge in [0.2, 0.25) is 11.8 Å². The average Bonchev–Trinajstić information content (AvgIpc) is 2.97. The molecule has 2 heterocycles. The predicted molar refractivity (Wildman–Crippen MR) is 104 cm³/mol. The molecule has 2 saturated heterocycles. The fraction of sp³-hybridized carbons (Fsp3) is 0.619. The molecule has 0 saturated carbocycles. The van der Waals surface area contributed by atoms with Gasteiger partial charge in [0.25, 0.3) is 0 Å². The van der Waals surface area contributed by atoms with Gasteiger partial charge in [-0.05, 0) is 30.9 Å². The van der Waals surface area contributed by atoms with Crippen molar-refractivity contribution >= 4 is 11.8 Å². The first-order chi connectivity index (χ1) is 13.1. The number of para-hydroxylation sites is 1. The molecule has 2 fully saturated rings. The van der Waals surface area contributed by atoms with E-state index in [0.717, 1.165) is 44.6 Å². The molecule has 2 aliphatic heterocycles. The Bertz CT molecular complexity index is 633. The lowest BCUT2D eigenvalue weighted by molar-refractivity contribution is -0.135. The zero-order valence-electron chi connectivity index (χ0n) is 16.1. The van der Waals surface area contributed by atoms with E-state index >= 15 is 0 Å². The second-order valence-corrected chi connectivity index (χ2v) is 7.58. The van der Waals surface area contributed by atoms with E-state index in [1.165, 1.54) is 12.8 Å². The van der Waals surface area contributed by atoms with E-state index in [4.69, 9.17) is 0 Å². The summed E-state index contributed by atoms with van der Waals surface area (Å²) in [6.07, 6.45) is 5.65. The molecule has 0 atom stereocenters. The van der Waals surface area contributed by atoms with Crippen molar-refractivity contribution in [3.8, 4) is 5.75 Å². The summed E-state index contributed by atoms with van der Waals surface area (Å²) in [7, 11) is 0. The molecule has 0 unspecified atom stereocenters. The first-order valence-corrected chi connectivity index (χ1v) is 10.2. The third-order valence-electron chi connectivity index (χ3n) is 5.64. The monoisotopic (exact) mass is 373 g/mol. The van der Waals surface area contributed by atoms with Crippen LogP contribution in [0.5, 0.6) is 5.75 Å². The van der Waals surface area contributed by atoms with Crippen LogP contribution < -0.4 is 0 Å². The van der Waals surface area contributed by atoms with Gasteiger partial charge in [-0.1, -0.05) is 31.0 Å². The molecule has 0 aliphatic carbocycles. The standard InChI is InChI=1S/C21H31N3O3/c25-19-8-4-3-7-18(19)9-10-20(26)24-15-13-22(14-16-24)17-21(27)23-11-5-1-2-6-12-23/h3-4,7-8,25H,1-2,5-6,9-17H2. The number of rotatable bonds is 5. The molecule has 0 bridgehead atoms. The number of likely N-dealkylation sites (tertiary alicyclic amines) is 1. The van der Waals surface area contributed by atoms with Crippen molar-refractivity contribution in [1.29, 1.82) is 0 Å². The van der Waals surface area contributed by atoms with Crippen LogP contribution in [0, 0.1) is 0 Å². The summed E-state index contributed by atoms with van der Waals surface area (Å²) in [4.78, 5) is 31.0. The van der Waals surface area contributed by atoms with Crippen molar-refractivity contribution in [1.82, 2.24) is 14.7 Å². The molecule has 148 valence electrons. The van der Waals surface area contributed by atoms with Crippen molar-refractivity contribution in [2.24, 2.45) is 0 Å². The van der Waals surface area contributed by atoms with Gasteiger partial charge < -0.3 is 14.9 Å². The Hall–Kier alpha value is -2.08. The number of carbonyl (C=O) groups is 2. The molecule has 0 radical (unpaired) electrons. The maximum absolute atomic E-state index is 12.5. The quantitative estimate of drug-likeness (QED) is 0.856. The highest BCUT2D eigenvalue weighted by atomic mass is 16.3. The Balaban J connectivity index is 1.39. The number of phenols is 1. The van der Waals surface area contributed by atoms with Gasteiger partial charge in [-0.3, -0.25) is 14.5 Å². The van der Waals surface area contributed by atoms with Crippen LogP contribution in [0.4, 0.5) is 0 Å². The zero-order valence-corrected chi connectivity index (χ0v) is 16.1. The fourth-order valence-corrected chi connectivity index (χ4v) is 3.89. The van der Waals surface area contributed by atoms with Gasteiger partial charge in [-0.2, -0.15) is 0 Å². The average molecular weight is 373 g/mol. The largest absolute Gasteiger partial charge is 0.508 e. The van der Waals surface area contributed by atoms with Gasteiger partial charge in [0.05, 0.1) is 6.54 Å². The van der Waals surface area contributed by atoms with E-state index in [1.807, 2.05) is 21.9 Å². The van der Waals surface area contributed by atoms with Crippen molar-refractivity contribution in [2.45, 2.75) is 38.5 Å². The summed E-state index contributed by atoms with van der Waals surface area (Å²) in [5.74, 6) is 0.607. The number of amides is 2. The van der Waals surface area contributed by atoms with Crippen molar-refractivity contribution in [3.05, 3.63) is 29.8 Å². The number of benzene rings is 1. The third-order valence-corrected chi connectivity index (χ3v) is 5.64. The predicted octanol–water partition coefficient (Wildman–Crippen LogP) is 1.87. The molecular weight excluding hydrogens is 342 g/mol. The topological polar surface area (TPSA) is 64.1 Å². The molecule has 27 heavy (non-hydrogen) atoms. The minimum Gasteiger partial charge on any atom is -0.508 e. The maximum Gasteiger partial charge on any atom is 0.236 e. The van der Waals surface area contributed by atoms with E-state index in [1.54, 1.807) is 12.1 Å². The number of aryl methyl sites for hydroxylation is 1. The number of hydrogen-bond donors (Lipinski definition) is 1. The van der Waals surface area contributed by atoms with Crippen LogP contribution >= 0.6 is 0 Å². The van der Waals surface area contributed by atoms with Crippen LogP contribution in [0.15, 0.2) is 24.3 Å². The second-order valence-electron chi connectivity index (χ2n) is 7.58. The van der Waals surface area contributed by atoms with Gasteiger partial charge in [0.15, 0.2) is 0 Å². The number of phenolic OH excluding ortho intramolecular Hbond substituents is 1. The van der Waals surface area contributed by atoms with E-state index in [0.29, 0.717) is 32.5 Å². The molecule has 3 rings (SSSR count). The minimum atomic E-state index is 0.122. The Morgan fingerprint density at radius 2 is 1.44 bits per heavy atom. The number of hydrogen-bond acceptors (Lipinski definition) is 4. The van der Waals surface area contributed by atoms with E-state index < -0.39 is 0 Å². The minimum absolute atomic E-state index is 0.122. The molecular formula is C21H31N3O3. The van der Waals surface area contributed by atoms with Crippen LogP contribution in [-0.4, -0.2) is 77.4 Å². The van der Waals surface area contributed by atoms with Crippen LogP contribution in [0.2, 0.25) is 0 Å². The summed E-state index contributed by atoms with van der Waals surface area (Å²) < 4.78 is 0. The maximum atomic E-state index is 12.5. The van der Waals surface area contributed by atoms with Gasteiger partial charge in [0, 0.05) is 45.7 Å². The highest BCUT2D eigenvalue weighted by molar-refractivity contribution is 5.78. The van der Waals surface area contributed by atoms with Crippen LogP contribution in [-0.2, 0) is 16.0 Å². The number of piperazine rings is 1. The van der Waals surface area contributed by atoms with E-state index in [-0.39, 0.29) is 17.6 Å². The SMILES string of the molecule is O=C(CCc1ccccc1O)N1CCN(CC(=O)N2CCCCCC2)CC1. The van der Waals surface area contributed by atoms with Crippen molar-refractivity contribution in [2.75, 3.05) is 45.8 Å². The Morgan fingerprint density at radius 3 is 2.11 bits per heavy atom. The number of aromatic hydroxyl groups is 1. The molecule has 0 aromatic heterocycles. The summed E-state index contributed by atoms with van der Waals surface area (Å²) in [6, 6.07) is 7.17. The lowest BCUT2D eigenvalue weighted by Crippen LogP contribution is -2.51. The van der Waals surface area contributed by atoms with Gasteiger partial charge in [-0.15, -0.1) is 0 Å². The smallest absolute Gasteiger partial charge is 0.236 e. The third kappa shape index (κ3) is 5.70. The Kier molecular flexibility index (Phi) is 7.10. The first kappa shape index (κ1) is 19.7. The molecule has 1 aromatic rings. The normalized spacial score (nSPS) is 19.0. The molecule has 2 amide bonds. The summed E-state index contributed by atoms with van der Waals surface area (Å²) >= 11 is 0. The van der Waals surface area contributed by atoms with E-state index in [9.17, 15) is 14.7 Å². The second kappa shape index (κ2) is 9.74. The van der Waals surface area contributed by atoms with Crippen molar-refractivity contribution < 1.29 is 14.7 Å². The van der Waals surface area contributed by atoms with Crippen molar-refractivity contribution in [3.63, 3.8) is 0 Å². The molecule has 2 aliphatic rings. The lowest BCUT2D eigenvalue weighted by atomic mass is 10.1. The fourth-order valence-electron chi connectivity index (χ4n) is 3.89. The molecule has 6 nitrogen and oxygen atoms in total. The van der Waals surface area contributed by atoms with Crippen LogP contribution in [0.1, 0.15) is 37.7 Å². The Morgan fingerprint density at radius 1 is 0.815 bits per heavy atom. The molecule has 1 aromatic carbocycles. The summed E-state index contributed by atoms with van der Waals surface area (Å²) in [5, 5.41) is 9.81. The lowest BCUT2D eigenvalue weighted by Gasteiger charge is -2.35. The highest BCUT2D eigenvalue weighted by Crippen LogP contribution is 2.18. The summed E-state index contributed by atoms with van der Waals surface area (Å²) in [5.41, 5.74) is 0.813. The van der Waals surface area contributed by atoms with Crippen LogP contribution in [0.25, 0.3) is 0 Å². The number of carbonyl (C=O) groups excluding carboxylic acids is 2. The van der Waals surface area contributed by atoms with Gasteiger partial charge >= 0.3 is 0 Å². The van der Waals surface area contributed by atoms with Gasteiger partial charge in [-0.25, -0.2) is 0 Å². The molecule has 6 heteroatoms. The van der Waals surface area contributed by atoms with E-state index in [2.05, 4.69) is 4.90 Å². The number of nitrogens with zero attached hydrogens (tertiary/aromatic N) is 3. The van der Waals surface area contributed by atoms with Gasteiger partial charge in [0.1, 0.15) is 5.75 Å².